The minimum atomic E-state index is -0.164. The van der Waals surface area contributed by atoms with Crippen LogP contribution in [0.3, 0.4) is 0 Å². The number of aryl methyl sites for hydroxylation is 1. The summed E-state index contributed by atoms with van der Waals surface area (Å²) in [5, 5.41) is 0. The molecule has 1 aliphatic rings. The van der Waals surface area contributed by atoms with Gasteiger partial charge in [-0.1, -0.05) is 55.8 Å². The van der Waals surface area contributed by atoms with Gasteiger partial charge in [0, 0.05) is 11.1 Å². The van der Waals surface area contributed by atoms with Crippen LogP contribution >= 0.6 is 0 Å². The average molecular weight is 266 g/mol. The normalized spacial score (nSPS) is 16.6. The third-order valence-corrected chi connectivity index (χ3v) is 3.79. The number of carbonyl (C=O) groups is 1. The maximum absolute atomic E-state index is 12.6. The maximum atomic E-state index is 12.6. The van der Waals surface area contributed by atoms with Crippen molar-refractivity contribution in [1.29, 1.82) is 0 Å². The molecule has 0 radical (unpaired) electrons. The number of para-hydroxylation sites is 1. The molecule has 0 spiro atoms. The number of fused-ring (bicyclic) bond motifs is 1. The van der Waals surface area contributed by atoms with Crippen LogP contribution in [0.5, 0.6) is 5.75 Å². The molecule has 102 valence electrons. The van der Waals surface area contributed by atoms with Crippen LogP contribution in [0.1, 0.15) is 40.7 Å². The van der Waals surface area contributed by atoms with Gasteiger partial charge in [-0.3, -0.25) is 4.79 Å². The number of carbonyl (C=O) groups excluding carboxylic acids is 1. The lowest BCUT2D eigenvalue weighted by atomic mass is 9.92. The highest BCUT2D eigenvalue weighted by atomic mass is 16.5. The van der Waals surface area contributed by atoms with E-state index in [4.69, 9.17) is 4.74 Å². The van der Waals surface area contributed by atoms with Gasteiger partial charge in [0.05, 0.1) is 5.92 Å². The van der Waals surface area contributed by atoms with Crippen LogP contribution in [0.2, 0.25) is 0 Å². The SMILES string of the molecule is CCCc1ccc(C(=O)C2COc3ccccc32)cc1. The van der Waals surface area contributed by atoms with Crippen molar-refractivity contribution < 1.29 is 9.53 Å². The Balaban J connectivity index is 1.83. The summed E-state index contributed by atoms with van der Waals surface area (Å²) in [4.78, 5) is 12.6. The van der Waals surface area contributed by atoms with Gasteiger partial charge >= 0.3 is 0 Å². The molecule has 1 aliphatic heterocycles. The third kappa shape index (κ3) is 2.34. The van der Waals surface area contributed by atoms with Gasteiger partial charge in [0.25, 0.3) is 0 Å². The van der Waals surface area contributed by atoms with Crippen molar-refractivity contribution in [3.63, 3.8) is 0 Å². The van der Waals surface area contributed by atoms with Gasteiger partial charge < -0.3 is 4.74 Å². The Morgan fingerprint density at radius 1 is 1.15 bits per heavy atom. The summed E-state index contributed by atoms with van der Waals surface area (Å²) in [7, 11) is 0. The van der Waals surface area contributed by atoms with E-state index in [9.17, 15) is 4.79 Å². The van der Waals surface area contributed by atoms with Crippen LogP contribution in [0.25, 0.3) is 0 Å². The van der Waals surface area contributed by atoms with Crippen LogP contribution in [0.4, 0.5) is 0 Å². The molecule has 0 aliphatic carbocycles. The molecule has 0 fully saturated rings. The highest BCUT2D eigenvalue weighted by Crippen LogP contribution is 2.35. The first-order valence-corrected chi connectivity index (χ1v) is 7.14. The number of benzene rings is 2. The molecule has 2 heteroatoms. The average Bonchev–Trinajstić information content (AvgIpc) is 2.92. The Labute approximate surface area is 119 Å². The minimum Gasteiger partial charge on any atom is -0.492 e. The monoisotopic (exact) mass is 266 g/mol. The van der Waals surface area contributed by atoms with Crippen molar-refractivity contribution in [2.45, 2.75) is 25.7 Å². The largest absolute Gasteiger partial charge is 0.492 e. The summed E-state index contributed by atoms with van der Waals surface area (Å²) in [6.45, 7) is 2.61. The molecular formula is C18H18O2. The first-order chi connectivity index (χ1) is 9.79. The zero-order valence-electron chi connectivity index (χ0n) is 11.6. The molecule has 0 aromatic heterocycles. The standard InChI is InChI=1S/C18H18O2/c1-2-5-13-8-10-14(11-9-13)18(19)16-12-20-17-7-4-3-6-15(16)17/h3-4,6-11,16H,2,5,12H2,1H3. The molecule has 0 N–H and O–H groups in total. The van der Waals surface area contributed by atoms with Crippen LogP contribution in [0.15, 0.2) is 48.5 Å². The Morgan fingerprint density at radius 3 is 2.65 bits per heavy atom. The molecular weight excluding hydrogens is 248 g/mol. The highest BCUT2D eigenvalue weighted by molar-refractivity contribution is 6.01. The van der Waals surface area contributed by atoms with E-state index in [1.54, 1.807) is 0 Å². The fraction of sp³-hybridized carbons (Fsp3) is 0.278. The summed E-state index contributed by atoms with van der Waals surface area (Å²) >= 11 is 0. The lowest BCUT2D eigenvalue weighted by Gasteiger charge is -2.08. The van der Waals surface area contributed by atoms with Gasteiger partial charge in [-0.05, 0) is 18.1 Å². The second-order valence-corrected chi connectivity index (χ2v) is 5.21. The number of hydrogen-bond acceptors (Lipinski definition) is 2. The predicted molar refractivity (Wildman–Crippen MR) is 79.4 cm³/mol. The number of Topliss-reactive ketones (excluding diaryl/α,β-unsaturated/α-hetero) is 1. The molecule has 0 bridgehead atoms. The van der Waals surface area contributed by atoms with Crippen molar-refractivity contribution in [3.8, 4) is 5.75 Å². The van der Waals surface area contributed by atoms with E-state index in [2.05, 4.69) is 19.1 Å². The highest BCUT2D eigenvalue weighted by Gasteiger charge is 2.30. The Bertz CT molecular complexity index is 614. The van der Waals surface area contributed by atoms with Gasteiger partial charge in [-0.15, -0.1) is 0 Å². The molecule has 1 atom stereocenters. The summed E-state index contributed by atoms with van der Waals surface area (Å²) < 4.78 is 5.60. The molecule has 20 heavy (non-hydrogen) atoms. The zero-order valence-corrected chi connectivity index (χ0v) is 11.6. The lowest BCUT2D eigenvalue weighted by Crippen LogP contribution is -2.14. The Kier molecular flexibility index (Phi) is 3.55. The molecule has 2 nitrogen and oxygen atoms in total. The second-order valence-electron chi connectivity index (χ2n) is 5.21. The first-order valence-electron chi connectivity index (χ1n) is 7.14. The molecule has 2 aromatic carbocycles. The van der Waals surface area contributed by atoms with E-state index in [-0.39, 0.29) is 11.7 Å². The van der Waals surface area contributed by atoms with Crippen LogP contribution in [-0.2, 0) is 6.42 Å². The van der Waals surface area contributed by atoms with Crippen LogP contribution in [0, 0.1) is 0 Å². The van der Waals surface area contributed by atoms with Crippen molar-refractivity contribution in [3.05, 3.63) is 65.2 Å². The fourth-order valence-electron chi connectivity index (χ4n) is 2.71. The maximum Gasteiger partial charge on any atom is 0.173 e. The predicted octanol–water partition coefficient (Wildman–Crippen LogP) is 4.00. The minimum absolute atomic E-state index is 0.151. The van der Waals surface area contributed by atoms with Crippen LogP contribution in [-0.4, -0.2) is 12.4 Å². The number of rotatable bonds is 4. The zero-order chi connectivity index (χ0) is 13.9. The van der Waals surface area contributed by atoms with E-state index in [1.165, 1.54) is 5.56 Å². The summed E-state index contributed by atoms with van der Waals surface area (Å²) in [6.07, 6.45) is 2.18. The third-order valence-electron chi connectivity index (χ3n) is 3.79. The number of ether oxygens (including phenoxy) is 1. The Morgan fingerprint density at radius 2 is 1.90 bits per heavy atom. The van der Waals surface area contributed by atoms with Gasteiger partial charge in [-0.2, -0.15) is 0 Å². The topological polar surface area (TPSA) is 26.3 Å². The first kappa shape index (κ1) is 12.9. The van der Waals surface area contributed by atoms with Gasteiger partial charge in [0.1, 0.15) is 12.4 Å². The molecule has 3 rings (SSSR count). The van der Waals surface area contributed by atoms with E-state index >= 15 is 0 Å². The van der Waals surface area contributed by atoms with Gasteiger partial charge in [-0.25, -0.2) is 0 Å². The molecule has 2 aromatic rings. The van der Waals surface area contributed by atoms with Crippen LogP contribution < -0.4 is 4.74 Å². The summed E-state index contributed by atoms with van der Waals surface area (Å²) in [5.41, 5.74) is 3.07. The molecule has 0 amide bonds. The quantitative estimate of drug-likeness (QED) is 0.782. The molecule has 1 heterocycles. The van der Waals surface area contributed by atoms with Gasteiger partial charge in [0.2, 0.25) is 0 Å². The van der Waals surface area contributed by atoms with E-state index in [0.717, 1.165) is 29.7 Å². The second kappa shape index (κ2) is 5.49. The fourth-order valence-corrected chi connectivity index (χ4v) is 2.71. The van der Waals surface area contributed by atoms with Crippen molar-refractivity contribution in [1.82, 2.24) is 0 Å². The van der Waals surface area contributed by atoms with Crippen molar-refractivity contribution in [2.75, 3.05) is 6.61 Å². The molecule has 0 saturated carbocycles. The molecule has 0 saturated heterocycles. The van der Waals surface area contributed by atoms with E-state index < -0.39 is 0 Å². The summed E-state index contributed by atoms with van der Waals surface area (Å²) in [6, 6.07) is 15.8. The summed E-state index contributed by atoms with van der Waals surface area (Å²) in [5.74, 6) is 0.828. The van der Waals surface area contributed by atoms with Crippen molar-refractivity contribution in [2.24, 2.45) is 0 Å². The van der Waals surface area contributed by atoms with E-state index in [1.807, 2.05) is 36.4 Å². The van der Waals surface area contributed by atoms with E-state index in [0.29, 0.717) is 6.61 Å². The smallest absolute Gasteiger partial charge is 0.173 e. The number of hydrogen-bond donors (Lipinski definition) is 0. The lowest BCUT2D eigenvalue weighted by molar-refractivity contribution is 0.0947. The van der Waals surface area contributed by atoms with Crippen molar-refractivity contribution >= 4 is 5.78 Å². The van der Waals surface area contributed by atoms with Gasteiger partial charge in [0.15, 0.2) is 5.78 Å². The Hall–Kier alpha value is -2.09. The number of ketones is 1. The molecule has 1 unspecified atom stereocenters.